The molecule has 2 heterocycles. The molecule has 0 saturated heterocycles. The van der Waals surface area contributed by atoms with Crippen molar-refractivity contribution in [3.05, 3.63) is 47.5 Å². The lowest BCUT2D eigenvalue weighted by Crippen LogP contribution is -2.44. The molecule has 1 saturated carbocycles. The normalized spacial score (nSPS) is 19.0. The number of carbonyl (C=O) groups excluding carboxylic acids is 1. The first-order valence-electron chi connectivity index (χ1n) is 8.45. The average Bonchev–Trinajstić information content (AvgIpc) is 3.35. The summed E-state index contributed by atoms with van der Waals surface area (Å²) in [4.78, 5) is 24.0. The third-order valence-electron chi connectivity index (χ3n) is 4.78. The molecule has 1 aromatic heterocycles. The number of H-pyrrole nitrogens is 1. The van der Waals surface area contributed by atoms with Crippen LogP contribution in [0, 0.1) is 0 Å². The van der Waals surface area contributed by atoms with Crippen molar-refractivity contribution in [3.8, 4) is 0 Å². The fourth-order valence-electron chi connectivity index (χ4n) is 3.29. The largest absolute Gasteiger partial charge is 0.348 e. The maximum atomic E-state index is 13.2. The van der Waals surface area contributed by atoms with E-state index in [2.05, 4.69) is 45.8 Å². The summed E-state index contributed by atoms with van der Waals surface area (Å²) >= 11 is 1.74. The second-order valence-electron chi connectivity index (χ2n) is 6.45. The quantitative estimate of drug-likeness (QED) is 0.785. The summed E-state index contributed by atoms with van der Waals surface area (Å²) in [6.07, 6.45) is 6.88. The Bertz CT molecular complexity index is 729. The van der Waals surface area contributed by atoms with Gasteiger partial charge in [0.25, 0.3) is 0 Å². The number of rotatable bonds is 5. The van der Waals surface area contributed by atoms with Crippen LogP contribution in [0.25, 0.3) is 0 Å². The molecule has 1 aliphatic heterocycles. The molecule has 2 N–H and O–H groups in total. The number of nitrogens with zero attached hydrogens (tertiary/aromatic N) is 2. The molecule has 7 heteroatoms. The molecule has 134 valence electrons. The first-order valence-corrected chi connectivity index (χ1v) is 9.67. The van der Waals surface area contributed by atoms with Gasteiger partial charge in [0.05, 0.1) is 12.0 Å². The topological polar surface area (TPSA) is 61.0 Å². The molecule has 1 aliphatic carbocycles. The third kappa shape index (κ3) is 3.86. The van der Waals surface area contributed by atoms with Crippen molar-refractivity contribution in [2.24, 2.45) is 0 Å². The Kier molecular flexibility index (Phi) is 5.71. The number of carbonyl (C=O) groups is 1. The van der Waals surface area contributed by atoms with Crippen LogP contribution in [0.15, 0.2) is 35.5 Å². The highest BCUT2D eigenvalue weighted by molar-refractivity contribution is 7.98. The number of hydrogen-bond donors (Lipinski definition) is 2. The summed E-state index contributed by atoms with van der Waals surface area (Å²) in [6, 6.07) is 8.57. The van der Waals surface area contributed by atoms with Crippen LogP contribution in [-0.4, -0.2) is 39.6 Å². The molecule has 2 aromatic rings. The molecule has 1 unspecified atom stereocenters. The lowest BCUT2D eigenvalue weighted by molar-refractivity contribution is -0.135. The van der Waals surface area contributed by atoms with E-state index in [1.807, 2.05) is 4.90 Å². The number of thioether (sulfide) groups is 1. The van der Waals surface area contributed by atoms with E-state index in [9.17, 15) is 4.79 Å². The fourth-order valence-corrected chi connectivity index (χ4v) is 3.70. The van der Waals surface area contributed by atoms with Gasteiger partial charge in [-0.2, -0.15) is 0 Å². The van der Waals surface area contributed by atoms with Crippen molar-refractivity contribution in [2.75, 3.05) is 12.8 Å². The molecule has 5 nitrogen and oxygen atoms in total. The predicted octanol–water partition coefficient (Wildman–Crippen LogP) is 2.93. The van der Waals surface area contributed by atoms with E-state index < -0.39 is 0 Å². The van der Waals surface area contributed by atoms with Gasteiger partial charge < -0.3 is 15.2 Å². The molecule has 0 bridgehead atoms. The van der Waals surface area contributed by atoms with E-state index in [4.69, 9.17) is 0 Å². The maximum absolute atomic E-state index is 13.2. The zero-order chi connectivity index (χ0) is 16.5. The van der Waals surface area contributed by atoms with Crippen LogP contribution in [0.2, 0.25) is 0 Å². The van der Waals surface area contributed by atoms with Crippen molar-refractivity contribution in [1.29, 1.82) is 0 Å². The molecule has 2 aliphatic rings. The SMILES string of the molecule is CSc1ccc(CN(C(=O)C2NCCc3[nH]cnc32)C2CC2)cc1.Cl. The zero-order valence-electron chi connectivity index (χ0n) is 14.2. The van der Waals surface area contributed by atoms with E-state index in [-0.39, 0.29) is 24.4 Å². The van der Waals surface area contributed by atoms with Crippen LogP contribution in [-0.2, 0) is 17.8 Å². The molecule has 1 fully saturated rings. The molecule has 1 atom stereocenters. The molecule has 0 spiro atoms. The summed E-state index contributed by atoms with van der Waals surface area (Å²) in [7, 11) is 0. The van der Waals surface area contributed by atoms with Crippen LogP contribution >= 0.6 is 24.2 Å². The van der Waals surface area contributed by atoms with Crippen molar-refractivity contribution >= 4 is 30.1 Å². The lowest BCUT2D eigenvalue weighted by atomic mass is 10.0. The highest BCUT2D eigenvalue weighted by Gasteiger charge is 2.38. The van der Waals surface area contributed by atoms with Crippen molar-refractivity contribution in [2.45, 2.75) is 42.8 Å². The van der Waals surface area contributed by atoms with Gasteiger partial charge in [-0.1, -0.05) is 12.1 Å². The minimum Gasteiger partial charge on any atom is -0.348 e. The molecule has 25 heavy (non-hydrogen) atoms. The molecule has 1 aromatic carbocycles. The minimum atomic E-state index is -0.314. The Labute approximate surface area is 158 Å². The van der Waals surface area contributed by atoms with E-state index in [1.54, 1.807) is 18.1 Å². The van der Waals surface area contributed by atoms with E-state index in [1.165, 1.54) is 10.5 Å². The molecule has 0 radical (unpaired) electrons. The molecular formula is C18H23ClN4OS. The van der Waals surface area contributed by atoms with E-state index in [0.717, 1.165) is 37.2 Å². The summed E-state index contributed by atoms with van der Waals surface area (Å²) < 4.78 is 0. The Morgan fingerprint density at radius 3 is 2.76 bits per heavy atom. The van der Waals surface area contributed by atoms with E-state index in [0.29, 0.717) is 12.6 Å². The van der Waals surface area contributed by atoms with Gasteiger partial charge in [0.1, 0.15) is 6.04 Å². The Hall–Kier alpha value is -1.50. The van der Waals surface area contributed by atoms with Gasteiger partial charge in [-0.05, 0) is 36.8 Å². The third-order valence-corrected chi connectivity index (χ3v) is 5.52. The summed E-state index contributed by atoms with van der Waals surface area (Å²) in [5, 5.41) is 3.35. The number of nitrogens with one attached hydrogen (secondary N) is 2. The van der Waals surface area contributed by atoms with Crippen LogP contribution < -0.4 is 5.32 Å². The van der Waals surface area contributed by atoms with Gasteiger partial charge in [0.15, 0.2) is 0 Å². The average molecular weight is 379 g/mol. The Balaban J connectivity index is 0.00000182. The number of aromatic nitrogens is 2. The van der Waals surface area contributed by atoms with E-state index >= 15 is 0 Å². The number of aromatic amines is 1. The van der Waals surface area contributed by atoms with Crippen molar-refractivity contribution in [3.63, 3.8) is 0 Å². The number of imidazole rings is 1. The van der Waals surface area contributed by atoms with Crippen molar-refractivity contribution < 1.29 is 4.79 Å². The number of benzene rings is 1. The van der Waals surface area contributed by atoms with Crippen LogP contribution in [0.3, 0.4) is 0 Å². The summed E-state index contributed by atoms with van der Waals surface area (Å²) in [5.41, 5.74) is 3.15. The van der Waals surface area contributed by atoms with Gasteiger partial charge in [-0.15, -0.1) is 24.2 Å². The van der Waals surface area contributed by atoms with Crippen molar-refractivity contribution in [1.82, 2.24) is 20.2 Å². The van der Waals surface area contributed by atoms with Gasteiger partial charge in [0, 0.05) is 36.1 Å². The second-order valence-corrected chi connectivity index (χ2v) is 7.33. The van der Waals surface area contributed by atoms with Crippen LogP contribution in [0.4, 0.5) is 0 Å². The summed E-state index contributed by atoms with van der Waals surface area (Å²) in [5.74, 6) is 0.152. The number of halogens is 1. The van der Waals surface area contributed by atoms with Gasteiger partial charge in [0.2, 0.25) is 5.91 Å². The maximum Gasteiger partial charge on any atom is 0.246 e. The minimum absolute atomic E-state index is 0. The first kappa shape index (κ1) is 18.3. The predicted molar refractivity (Wildman–Crippen MR) is 102 cm³/mol. The molecule has 4 rings (SSSR count). The Morgan fingerprint density at radius 2 is 2.08 bits per heavy atom. The van der Waals surface area contributed by atoms with Crippen LogP contribution in [0.1, 0.15) is 35.8 Å². The van der Waals surface area contributed by atoms with Gasteiger partial charge in [-0.25, -0.2) is 4.98 Å². The highest BCUT2D eigenvalue weighted by Crippen LogP contribution is 2.32. The smallest absolute Gasteiger partial charge is 0.246 e. The highest BCUT2D eigenvalue weighted by atomic mass is 35.5. The van der Waals surface area contributed by atoms with Crippen LogP contribution in [0.5, 0.6) is 0 Å². The van der Waals surface area contributed by atoms with Gasteiger partial charge >= 0.3 is 0 Å². The number of hydrogen-bond acceptors (Lipinski definition) is 4. The monoisotopic (exact) mass is 378 g/mol. The van der Waals surface area contributed by atoms with Gasteiger partial charge in [-0.3, -0.25) is 4.79 Å². The zero-order valence-corrected chi connectivity index (χ0v) is 15.8. The Morgan fingerprint density at radius 1 is 1.32 bits per heavy atom. The standard InChI is InChI=1S/C18H22N4OS.ClH/c1-24-14-6-2-12(3-7-14)10-22(13-4-5-13)18(23)17-16-15(8-9-19-17)20-11-21-16;/h2-3,6-7,11,13,17,19H,4-5,8-10H2,1H3,(H,20,21);1H. The summed E-state index contributed by atoms with van der Waals surface area (Å²) in [6.45, 7) is 1.49. The second kappa shape index (κ2) is 7.81. The number of amides is 1. The first-order chi connectivity index (χ1) is 11.8. The molecular weight excluding hydrogens is 356 g/mol. The number of fused-ring (bicyclic) bond motifs is 1. The molecule has 1 amide bonds. The lowest BCUT2D eigenvalue weighted by Gasteiger charge is -2.30. The fraction of sp³-hybridized carbons (Fsp3) is 0.444.